The number of anilines is 1. The van der Waals surface area contributed by atoms with Gasteiger partial charge in [0, 0.05) is 30.8 Å². The van der Waals surface area contributed by atoms with Gasteiger partial charge in [0.2, 0.25) is 11.9 Å². The Hall–Kier alpha value is -5.98. The Labute approximate surface area is 263 Å². The van der Waals surface area contributed by atoms with E-state index in [0.717, 1.165) is 38.9 Å². The molecule has 0 aliphatic heterocycles. The Morgan fingerprint density at radius 3 is 2.17 bits per heavy atom. The predicted molar refractivity (Wildman–Crippen MR) is 166 cm³/mol. The third-order valence-electron chi connectivity index (χ3n) is 7.32. The molecular weight excluding hydrogens is 594 g/mol. The Kier molecular flexibility index (Phi) is 10.0. The van der Waals surface area contributed by atoms with Crippen molar-refractivity contribution >= 4 is 30.0 Å². The molecule has 13 heteroatoms. The van der Waals surface area contributed by atoms with Gasteiger partial charge in [0.05, 0.1) is 6.42 Å². The first-order valence-corrected chi connectivity index (χ1v) is 14.4. The molecular formula is C33H31N5O8. The lowest BCUT2D eigenvalue weighted by Gasteiger charge is -2.21. The summed E-state index contributed by atoms with van der Waals surface area (Å²) in [6, 6.07) is 24.8. The van der Waals surface area contributed by atoms with Gasteiger partial charge in [0.25, 0.3) is 5.56 Å². The van der Waals surface area contributed by atoms with Gasteiger partial charge in [-0.1, -0.05) is 78.9 Å². The Bertz CT molecular complexity index is 1750. The normalized spacial score (nSPS) is 11.6. The quantitative estimate of drug-likeness (QED) is 0.183. The van der Waals surface area contributed by atoms with E-state index in [4.69, 9.17) is 9.47 Å². The van der Waals surface area contributed by atoms with Crippen molar-refractivity contribution in [2.24, 2.45) is 0 Å². The van der Waals surface area contributed by atoms with Crippen LogP contribution >= 0.6 is 0 Å². The zero-order valence-corrected chi connectivity index (χ0v) is 24.6. The topological polar surface area (TPSA) is 180 Å². The van der Waals surface area contributed by atoms with Gasteiger partial charge in [0.1, 0.15) is 19.8 Å². The molecule has 0 atom stereocenters. The number of benzene rings is 3. The van der Waals surface area contributed by atoms with Crippen molar-refractivity contribution in [3.05, 3.63) is 118 Å². The largest absolute Gasteiger partial charge is 0.480 e. The van der Waals surface area contributed by atoms with Crippen molar-refractivity contribution in [1.82, 2.24) is 20.2 Å². The monoisotopic (exact) mass is 625 g/mol. The fraction of sp³-hybridized carbons (Fsp3) is 0.212. The van der Waals surface area contributed by atoms with Gasteiger partial charge in [-0.3, -0.25) is 24.7 Å². The second-order valence-corrected chi connectivity index (χ2v) is 10.4. The van der Waals surface area contributed by atoms with Crippen LogP contribution < -0.4 is 16.2 Å². The Morgan fingerprint density at radius 2 is 1.52 bits per heavy atom. The van der Waals surface area contributed by atoms with Crippen LogP contribution in [0, 0.1) is 0 Å². The average molecular weight is 626 g/mol. The molecule has 1 aliphatic rings. The number of amides is 3. The zero-order valence-electron chi connectivity index (χ0n) is 24.6. The van der Waals surface area contributed by atoms with Crippen LogP contribution in [0.15, 0.2) is 89.9 Å². The number of nitrogens with zero attached hydrogens (tertiary/aromatic N) is 2. The first-order valence-electron chi connectivity index (χ1n) is 14.4. The molecule has 13 nitrogen and oxygen atoms in total. The van der Waals surface area contributed by atoms with E-state index in [0.29, 0.717) is 0 Å². The number of carbonyl (C=O) groups excluding carboxylic acids is 3. The van der Waals surface area contributed by atoms with Crippen molar-refractivity contribution in [3.63, 3.8) is 0 Å². The van der Waals surface area contributed by atoms with Gasteiger partial charge in [-0.15, -0.1) is 0 Å². The lowest BCUT2D eigenvalue weighted by atomic mass is 9.98. The molecule has 0 saturated carbocycles. The fourth-order valence-corrected chi connectivity index (χ4v) is 5.14. The number of carboxylic acid groups (broad SMARTS) is 1. The molecule has 1 heterocycles. The Morgan fingerprint density at radius 1 is 0.870 bits per heavy atom. The van der Waals surface area contributed by atoms with Crippen LogP contribution in [0.4, 0.5) is 15.5 Å². The Balaban J connectivity index is 1.10. The van der Waals surface area contributed by atoms with Gasteiger partial charge in [-0.2, -0.15) is 0 Å². The summed E-state index contributed by atoms with van der Waals surface area (Å²) in [7, 11) is 0. The molecule has 46 heavy (non-hydrogen) atoms. The minimum Gasteiger partial charge on any atom is -0.480 e. The summed E-state index contributed by atoms with van der Waals surface area (Å²) >= 11 is 0. The van der Waals surface area contributed by atoms with E-state index < -0.39 is 42.6 Å². The second-order valence-electron chi connectivity index (χ2n) is 10.4. The van der Waals surface area contributed by atoms with Crippen LogP contribution in [0.2, 0.25) is 0 Å². The van der Waals surface area contributed by atoms with Gasteiger partial charge in [0.15, 0.2) is 0 Å². The van der Waals surface area contributed by atoms with E-state index in [2.05, 4.69) is 20.6 Å². The highest BCUT2D eigenvalue weighted by Gasteiger charge is 2.29. The summed E-state index contributed by atoms with van der Waals surface area (Å²) in [5.74, 6) is -2.26. The van der Waals surface area contributed by atoms with Gasteiger partial charge >= 0.3 is 18.2 Å². The highest BCUT2D eigenvalue weighted by molar-refractivity contribution is 5.84. The van der Waals surface area contributed by atoms with E-state index in [9.17, 15) is 29.1 Å². The molecule has 0 fully saturated rings. The second kappa shape index (κ2) is 14.7. The van der Waals surface area contributed by atoms with Crippen LogP contribution in [-0.4, -0.2) is 70.3 Å². The lowest BCUT2D eigenvalue weighted by Crippen LogP contribution is -2.42. The van der Waals surface area contributed by atoms with Crippen molar-refractivity contribution in [2.75, 3.05) is 31.6 Å². The average Bonchev–Trinajstić information content (AvgIpc) is 3.37. The molecule has 3 aromatic carbocycles. The minimum atomic E-state index is -1.27. The summed E-state index contributed by atoms with van der Waals surface area (Å²) in [5.41, 5.74) is 4.33. The molecule has 0 spiro atoms. The maximum absolute atomic E-state index is 12.9. The van der Waals surface area contributed by atoms with E-state index in [1.165, 1.54) is 0 Å². The smallest absolute Gasteiger partial charge is 0.414 e. The number of ether oxygens (including phenoxy) is 2. The van der Waals surface area contributed by atoms with E-state index in [-0.39, 0.29) is 43.7 Å². The van der Waals surface area contributed by atoms with Crippen LogP contribution in [0.5, 0.6) is 0 Å². The summed E-state index contributed by atoms with van der Waals surface area (Å²) in [4.78, 5) is 68.8. The van der Waals surface area contributed by atoms with E-state index in [1.807, 2.05) is 54.6 Å². The maximum Gasteiger partial charge on any atom is 0.414 e. The number of carboxylic acids is 1. The highest BCUT2D eigenvalue weighted by atomic mass is 16.6. The summed E-state index contributed by atoms with van der Waals surface area (Å²) in [6.07, 6.45) is -0.903. The molecule has 0 saturated heterocycles. The molecule has 0 unspecified atom stereocenters. The number of fused-ring (bicyclic) bond motifs is 3. The number of hydrogen-bond donors (Lipinski definition) is 4. The zero-order chi connectivity index (χ0) is 32.5. The summed E-state index contributed by atoms with van der Waals surface area (Å²) in [5, 5.41) is 14.2. The molecule has 0 bridgehead atoms. The number of aromatic amines is 1. The van der Waals surface area contributed by atoms with Gasteiger partial charge in [-0.25, -0.2) is 14.6 Å². The molecule has 1 aromatic heterocycles. The number of nitrogens with one attached hydrogen (secondary N) is 3. The summed E-state index contributed by atoms with van der Waals surface area (Å²) in [6.45, 7) is -0.767. The van der Waals surface area contributed by atoms with Crippen LogP contribution in [0.25, 0.3) is 11.1 Å². The molecule has 1 aliphatic carbocycles. The number of rotatable bonds is 12. The van der Waals surface area contributed by atoms with E-state index in [1.54, 1.807) is 24.3 Å². The minimum absolute atomic E-state index is 0.0130. The first-order chi connectivity index (χ1) is 22.3. The van der Waals surface area contributed by atoms with Crippen molar-refractivity contribution in [3.8, 4) is 11.1 Å². The number of carbonyl (C=O) groups is 4. The highest BCUT2D eigenvalue weighted by Crippen LogP contribution is 2.44. The van der Waals surface area contributed by atoms with Crippen LogP contribution in [0.1, 0.15) is 28.2 Å². The predicted octanol–water partition coefficient (Wildman–Crippen LogP) is 3.51. The van der Waals surface area contributed by atoms with E-state index >= 15 is 0 Å². The molecule has 5 rings (SSSR count). The van der Waals surface area contributed by atoms with Crippen LogP contribution in [-0.2, 0) is 32.1 Å². The number of aromatic nitrogens is 2. The number of aliphatic carboxylic acids is 1. The lowest BCUT2D eigenvalue weighted by molar-refractivity contribution is -0.144. The number of alkyl carbamates (subject to hydrolysis) is 1. The van der Waals surface area contributed by atoms with Gasteiger partial charge in [-0.05, 0) is 27.8 Å². The standard InChI is InChI=1S/C33H31N5O8/c39-28(16-22-17-35-31(36-30(22)42)37-33(44)45-19-21-8-2-1-3-9-21)38(18-29(40)41)15-14-34-32(43)46-20-27-25-12-6-4-10-23(25)24-11-5-7-13-26(24)27/h1-13,17,27H,14-16,18-20H2,(H,34,43)(H,40,41)(H2,35,36,37,42,44). The van der Waals surface area contributed by atoms with Crippen molar-refractivity contribution in [1.29, 1.82) is 0 Å². The molecule has 4 N–H and O–H groups in total. The summed E-state index contributed by atoms with van der Waals surface area (Å²) < 4.78 is 10.6. The fourth-order valence-electron chi connectivity index (χ4n) is 5.14. The van der Waals surface area contributed by atoms with Crippen molar-refractivity contribution < 1.29 is 33.8 Å². The number of H-pyrrole nitrogens is 1. The first kappa shape index (κ1) is 31.4. The maximum atomic E-state index is 12.9. The molecule has 0 radical (unpaired) electrons. The molecule has 4 aromatic rings. The molecule has 236 valence electrons. The SMILES string of the molecule is O=C(O)CN(CCNC(=O)OCC1c2ccccc2-c2ccccc21)C(=O)Cc1cnc(NC(=O)OCc2ccccc2)[nH]c1=O. The third-order valence-corrected chi connectivity index (χ3v) is 7.32. The molecule has 3 amide bonds. The van der Waals surface area contributed by atoms with Crippen molar-refractivity contribution in [2.45, 2.75) is 18.9 Å². The van der Waals surface area contributed by atoms with Crippen LogP contribution in [0.3, 0.4) is 0 Å². The van der Waals surface area contributed by atoms with Gasteiger partial charge < -0.3 is 24.8 Å². The third kappa shape index (κ3) is 7.94. The number of hydrogen-bond acceptors (Lipinski definition) is 8.